The molecule has 0 aliphatic heterocycles. The van der Waals surface area contributed by atoms with E-state index in [9.17, 15) is 0 Å². The van der Waals surface area contributed by atoms with E-state index in [0.717, 1.165) is 22.4 Å². The molecule has 0 N–H and O–H groups in total. The summed E-state index contributed by atoms with van der Waals surface area (Å²) in [6.45, 7) is 0. The molecule has 0 fully saturated rings. The lowest BCUT2D eigenvalue weighted by Crippen LogP contribution is -1.83. The molecule has 5 nitrogen and oxygen atoms in total. The number of nitrogens with zero attached hydrogens (tertiary/aromatic N) is 3. The van der Waals surface area contributed by atoms with E-state index in [2.05, 4.69) is 15.2 Å². The maximum absolute atomic E-state index is 5.69. The van der Waals surface area contributed by atoms with Gasteiger partial charge in [-0.1, -0.05) is 36.0 Å². The average Bonchev–Trinajstić information content (AvgIpc) is 3.22. The van der Waals surface area contributed by atoms with Crippen LogP contribution in [0.3, 0.4) is 0 Å². The van der Waals surface area contributed by atoms with Crippen molar-refractivity contribution in [3.05, 3.63) is 60.5 Å². The molecule has 0 amide bonds. The van der Waals surface area contributed by atoms with Crippen molar-refractivity contribution in [1.29, 1.82) is 0 Å². The van der Waals surface area contributed by atoms with Gasteiger partial charge in [0, 0.05) is 11.3 Å². The second kappa shape index (κ2) is 5.65. The number of thioether (sulfide) groups is 1. The molecule has 6 heteroatoms. The summed E-state index contributed by atoms with van der Waals surface area (Å²) in [5, 5.41) is 8.25. The van der Waals surface area contributed by atoms with E-state index in [0.29, 0.717) is 11.1 Å². The van der Waals surface area contributed by atoms with Gasteiger partial charge in [0.1, 0.15) is 5.52 Å². The van der Waals surface area contributed by atoms with E-state index in [-0.39, 0.29) is 0 Å². The molecule has 0 aliphatic rings. The van der Waals surface area contributed by atoms with E-state index >= 15 is 0 Å². The zero-order chi connectivity index (χ0) is 14.8. The van der Waals surface area contributed by atoms with E-state index < -0.39 is 0 Å². The Hall–Kier alpha value is -2.60. The molecule has 108 valence electrons. The number of hydrogen-bond donors (Lipinski definition) is 0. The fraction of sp³-hybridized carbons (Fsp3) is 0.0625. The van der Waals surface area contributed by atoms with Crippen LogP contribution in [0.1, 0.15) is 5.56 Å². The number of aromatic nitrogens is 3. The molecule has 4 aromatic rings. The summed E-state index contributed by atoms with van der Waals surface area (Å²) in [4.78, 5) is 4.45. The standard InChI is InChI=1S/C16H11N3O2S/c1-2-4-14-13(3-1)18-16(21-14)22-9-11-5-7-12(8-6-11)15-19-17-10-20-15/h1-8,10H,9H2. The molecule has 0 atom stereocenters. The van der Waals surface area contributed by atoms with Crippen molar-refractivity contribution in [2.45, 2.75) is 11.0 Å². The van der Waals surface area contributed by atoms with Crippen LogP contribution in [-0.2, 0) is 5.75 Å². The van der Waals surface area contributed by atoms with Crippen LogP contribution in [-0.4, -0.2) is 15.2 Å². The highest BCUT2D eigenvalue weighted by atomic mass is 32.2. The van der Waals surface area contributed by atoms with E-state index in [1.165, 1.54) is 12.0 Å². The largest absolute Gasteiger partial charge is 0.431 e. The van der Waals surface area contributed by atoms with Crippen molar-refractivity contribution in [1.82, 2.24) is 15.2 Å². The van der Waals surface area contributed by atoms with Crippen LogP contribution in [0.2, 0.25) is 0 Å². The van der Waals surface area contributed by atoms with Crippen molar-refractivity contribution in [3.63, 3.8) is 0 Å². The van der Waals surface area contributed by atoms with Crippen molar-refractivity contribution < 1.29 is 8.83 Å². The van der Waals surface area contributed by atoms with Crippen LogP contribution < -0.4 is 0 Å². The molecule has 0 unspecified atom stereocenters. The molecule has 0 spiro atoms. The Bertz CT molecular complexity index is 852. The van der Waals surface area contributed by atoms with Crippen LogP contribution in [0, 0.1) is 0 Å². The third-order valence-corrected chi connectivity index (χ3v) is 4.10. The van der Waals surface area contributed by atoms with Gasteiger partial charge in [-0.15, -0.1) is 10.2 Å². The van der Waals surface area contributed by atoms with Crippen LogP contribution in [0.5, 0.6) is 0 Å². The van der Waals surface area contributed by atoms with Gasteiger partial charge in [0.15, 0.2) is 5.58 Å². The van der Waals surface area contributed by atoms with Gasteiger partial charge in [0.2, 0.25) is 12.3 Å². The maximum Gasteiger partial charge on any atom is 0.257 e. The first-order chi connectivity index (χ1) is 10.9. The molecule has 0 saturated carbocycles. The second-order valence-corrected chi connectivity index (χ2v) is 5.60. The Kier molecular flexibility index (Phi) is 3.36. The van der Waals surface area contributed by atoms with Crippen molar-refractivity contribution in [2.24, 2.45) is 0 Å². The van der Waals surface area contributed by atoms with Gasteiger partial charge >= 0.3 is 0 Å². The third kappa shape index (κ3) is 2.60. The minimum absolute atomic E-state index is 0.526. The zero-order valence-corrected chi connectivity index (χ0v) is 12.3. The Balaban J connectivity index is 1.47. The Morgan fingerprint density at radius 1 is 1.00 bits per heavy atom. The molecule has 0 saturated heterocycles. The fourth-order valence-corrected chi connectivity index (χ4v) is 2.89. The predicted octanol–water partition coefficient (Wildman–Crippen LogP) is 4.17. The van der Waals surface area contributed by atoms with Gasteiger partial charge in [-0.3, -0.25) is 0 Å². The van der Waals surface area contributed by atoms with Gasteiger partial charge in [0.05, 0.1) is 0 Å². The molecule has 0 aliphatic carbocycles. The van der Waals surface area contributed by atoms with Gasteiger partial charge < -0.3 is 8.83 Å². The highest BCUT2D eigenvalue weighted by molar-refractivity contribution is 7.98. The lowest BCUT2D eigenvalue weighted by atomic mass is 10.1. The minimum atomic E-state index is 0.526. The van der Waals surface area contributed by atoms with Crippen LogP contribution in [0.15, 0.2) is 69.0 Å². The summed E-state index contributed by atoms with van der Waals surface area (Å²) >= 11 is 1.57. The normalized spacial score (nSPS) is 11.1. The summed E-state index contributed by atoms with van der Waals surface area (Å²) in [6.07, 6.45) is 1.33. The summed E-state index contributed by atoms with van der Waals surface area (Å²) in [5.74, 6) is 1.31. The van der Waals surface area contributed by atoms with Crippen LogP contribution >= 0.6 is 11.8 Å². The molecule has 2 heterocycles. The number of oxazole rings is 1. The monoisotopic (exact) mass is 309 g/mol. The maximum atomic E-state index is 5.69. The van der Waals surface area contributed by atoms with Gasteiger partial charge in [-0.05, 0) is 29.8 Å². The number of para-hydroxylation sites is 2. The number of fused-ring (bicyclic) bond motifs is 1. The average molecular weight is 309 g/mol. The van der Waals surface area contributed by atoms with Crippen LogP contribution in [0.25, 0.3) is 22.6 Å². The fourth-order valence-electron chi connectivity index (χ4n) is 2.10. The first kappa shape index (κ1) is 13.1. The Labute approximate surface area is 130 Å². The van der Waals surface area contributed by atoms with Gasteiger partial charge in [-0.25, -0.2) is 4.98 Å². The second-order valence-electron chi connectivity index (χ2n) is 4.68. The number of rotatable bonds is 4. The van der Waals surface area contributed by atoms with E-state index in [4.69, 9.17) is 8.83 Å². The summed E-state index contributed by atoms with van der Waals surface area (Å²) in [5.41, 5.74) is 3.79. The van der Waals surface area contributed by atoms with Crippen molar-refractivity contribution in [3.8, 4) is 11.5 Å². The molecule has 22 heavy (non-hydrogen) atoms. The lowest BCUT2D eigenvalue weighted by molar-refractivity contribution is 0.489. The highest BCUT2D eigenvalue weighted by Crippen LogP contribution is 2.27. The van der Waals surface area contributed by atoms with Gasteiger partial charge in [0.25, 0.3) is 5.22 Å². The zero-order valence-electron chi connectivity index (χ0n) is 11.5. The number of benzene rings is 2. The molecular formula is C16H11N3O2S. The van der Waals surface area contributed by atoms with Crippen LogP contribution in [0.4, 0.5) is 0 Å². The minimum Gasteiger partial charge on any atom is -0.431 e. The highest BCUT2D eigenvalue weighted by Gasteiger charge is 2.07. The third-order valence-electron chi connectivity index (χ3n) is 3.20. The summed E-state index contributed by atoms with van der Waals surface area (Å²) in [6, 6.07) is 15.8. The lowest BCUT2D eigenvalue weighted by Gasteiger charge is -2.00. The van der Waals surface area contributed by atoms with Crippen molar-refractivity contribution >= 4 is 22.9 Å². The van der Waals surface area contributed by atoms with Gasteiger partial charge in [-0.2, -0.15) is 0 Å². The van der Waals surface area contributed by atoms with E-state index in [1.807, 2.05) is 48.5 Å². The molecular weight excluding hydrogens is 298 g/mol. The first-order valence-corrected chi connectivity index (χ1v) is 7.71. The topological polar surface area (TPSA) is 65.0 Å². The Morgan fingerprint density at radius 3 is 2.64 bits per heavy atom. The van der Waals surface area contributed by atoms with E-state index in [1.54, 1.807) is 11.8 Å². The quantitative estimate of drug-likeness (QED) is 0.527. The molecule has 0 bridgehead atoms. The molecule has 2 aromatic heterocycles. The Morgan fingerprint density at radius 2 is 1.86 bits per heavy atom. The molecule has 2 aromatic carbocycles. The number of hydrogen-bond acceptors (Lipinski definition) is 6. The summed E-state index contributed by atoms with van der Waals surface area (Å²) in [7, 11) is 0. The molecule has 4 rings (SSSR count). The first-order valence-electron chi connectivity index (χ1n) is 6.72. The SMILES string of the molecule is c1ccc2oc(SCc3ccc(-c4nnco4)cc3)nc2c1. The summed E-state index contributed by atoms with van der Waals surface area (Å²) < 4.78 is 10.9. The predicted molar refractivity (Wildman–Crippen MR) is 83.3 cm³/mol. The molecule has 0 radical (unpaired) electrons. The smallest absolute Gasteiger partial charge is 0.257 e. The van der Waals surface area contributed by atoms with Crippen molar-refractivity contribution in [2.75, 3.05) is 0 Å².